The second kappa shape index (κ2) is 5.49. The molecule has 5 heteroatoms. The van der Waals surface area contributed by atoms with Crippen LogP contribution in [0, 0.1) is 0 Å². The standard InChI is InChI=1S/C20H13N5/c1-2-6-14(7-3-1)19-23-12-16-18(15-10-21-13-22-11-15)17-8-4-5-9-25(17)20(16)24-19/h1-13H. The van der Waals surface area contributed by atoms with Crippen LogP contribution in [0.5, 0.6) is 0 Å². The molecule has 0 aliphatic carbocycles. The molecule has 0 saturated heterocycles. The van der Waals surface area contributed by atoms with Crippen LogP contribution in [0.3, 0.4) is 0 Å². The SMILES string of the molecule is c1ccc(-c2ncc3c(-c4cncnc4)c4ccccn4c3n2)cc1. The van der Waals surface area contributed by atoms with E-state index in [1.54, 1.807) is 0 Å². The third-order valence-corrected chi connectivity index (χ3v) is 4.26. The van der Waals surface area contributed by atoms with Crippen molar-refractivity contribution in [1.29, 1.82) is 0 Å². The Morgan fingerprint density at radius 3 is 2.40 bits per heavy atom. The van der Waals surface area contributed by atoms with Gasteiger partial charge in [-0.15, -0.1) is 0 Å². The summed E-state index contributed by atoms with van der Waals surface area (Å²) in [6.07, 6.45) is 9.08. The Morgan fingerprint density at radius 2 is 1.56 bits per heavy atom. The first-order chi connectivity index (χ1) is 12.4. The van der Waals surface area contributed by atoms with Gasteiger partial charge in [0.25, 0.3) is 0 Å². The minimum absolute atomic E-state index is 0.715. The van der Waals surface area contributed by atoms with E-state index in [9.17, 15) is 0 Å². The van der Waals surface area contributed by atoms with Gasteiger partial charge < -0.3 is 4.40 Å². The van der Waals surface area contributed by atoms with E-state index in [0.717, 1.165) is 33.2 Å². The fourth-order valence-corrected chi connectivity index (χ4v) is 3.16. The second-order valence-electron chi connectivity index (χ2n) is 5.75. The van der Waals surface area contributed by atoms with Crippen LogP contribution in [0.25, 0.3) is 39.1 Å². The molecule has 25 heavy (non-hydrogen) atoms. The summed E-state index contributed by atoms with van der Waals surface area (Å²) in [4.78, 5) is 17.7. The molecular formula is C20H13N5. The van der Waals surface area contributed by atoms with Gasteiger partial charge in [-0.2, -0.15) is 0 Å². The average Bonchev–Trinajstić information content (AvgIpc) is 3.03. The highest BCUT2D eigenvalue weighted by Gasteiger charge is 2.16. The zero-order valence-electron chi connectivity index (χ0n) is 13.2. The summed E-state index contributed by atoms with van der Waals surface area (Å²) in [6, 6.07) is 16.1. The van der Waals surface area contributed by atoms with Crippen molar-refractivity contribution >= 4 is 16.6 Å². The smallest absolute Gasteiger partial charge is 0.161 e. The third-order valence-electron chi connectivity index (χ3n) is 4.26. The highest BCUT2D eigenvalue weighted by molar-refractivity contribution is 6.03. The number of hydrogen-bond donors (Lipinski definition) is 0. The molecule has 0 amide bonds. The van der Waals surface area contributed by atoms with E-state index < -0.39 is 0 Å². The molecule has 0 aliphatic heterocycles. The summed E-state index contributed by atoms with van der Waals surface area (Å²) in [5.41, 5.74) is 4.95. The van der Waals surface area contributed by atoms with Crippen molar-refractivity contribution in [1.82, 2.24) is 24.3 Å². The van der Waals surface area contributed by atoms with Crippen LogP contribution in [0.4, 0.5) is 0 Å². The summed E-state index contributed by atoms with van der Waals surface area (Å²) in [5, 5.41) is 0.987. The number of rotatable bonds is 2. The van der Waals surface area contributed by atoms with Crippen molar-refractivity contribution in [3.05, 3.63) is 79.6 Å². The molecule has 1 aromatic carbocycles. The molecule has 0 aliphatic rings. The molecule has 0 fully saturated rings. The normalized spacial score (nSPS) is 11.2. The minimum Gasteiger partial charge on any atom is -0.301 e. The van der Waals surface area contributed by atoms with Gasteiger partial charge in [-0.25, -0.2) is 19.9 Å². The molecule has 4 heterocycles. The van der Waals surface area contributed by atoms with E-state index in [1.807, 2.05) is 67.3 Å². The molecule has 5 rings (SSSR count). The Kier molecular flexibility index (Phi) is 3.03. The minimum atomic E-state index is 0.715. The number of hydrogen-bond acceptors (Lipinski definition) is 4. The maximum atomic E-state index is 4.83. The predicted molar refractivity (Wildman–Crippen MR) is 97.0 cm³/mol. The number of aromatic nitrogens is 5. The summed E-state index contributed by atoms with van der Waals surface area (Å²) in [6.45, 7) is 0. The van der Waals surface area contributed by atoms with Crippen LogP contribution in [0.15, 0.2) is 79.6 Å². The highest BCUT2D eigenvalue weighted by atomic mass is 15.0. The summed E-state index contributed by atoms with van der Waals surface area (Å²) in [7, 11) is 0. The van der Waals surface area contributed by atoms with E-state index in [4.69, 9.17) is 4.98 Å². The van der Waals surface area contributed by atoms with Crippen molar-refractivity contribution in [2.24, 2.45) is 0 Å². The Hall–Kier alpha value is -3.60. The first-order valence-electron chi connectivity index (χ1n) is 7.98. The maximum Gasteiger partial charge on any atom is 0.161 e. The molecule has 5 aromatic rings. The van der Waals surface area contributed by atoms with E-state index in [-0.39, 0.29) is 0 Å². The summed E-state index contributed by atoms with van der Waals surface area (Å²) >= 11 is 0. The van der Waals surface area contributed by atoms with Gasteiger partial charge in [0, 0.05) is 46.9 Å². The van der Waals surface area contributed by atoms with Crippen molar-refractivity contribution in [2.75, 3.05) is 0 Å². The molecule has 5 nitrogen and oxygen atoms in total. The van der Waals surface area contributed by atoms with Gasteiger partial charge in [0.05, 0.1) is 5.52 Å². The molecule has 0 spiro atoms. The molecule has 118 valence electrons. The van der Waals surface area contributed by atoms with Gasteiger partial charge in [-0.3, -0.25) is 0 Å². The van der Waals surface area contributed by atoms with Crippen LogP contribution in [-0.2, 0) is 0 Å². The van der Waals surface area contributed by atoms with Crippen LogP contribution < -0.4 is 0 Å². The van der Waals surface area contributed by atoms with Crippen molar-refractivity contribution < 1.29 is 0 Å². The van der Waals surface area contributed by atoms with Crippen molar-refractivity contribution in [2.45, 2.75) is 0 Å². The number of fused-ring (bicyclic) bond motifs is 3. The molecule has 0 N–H and O–H groups in total. The van der Waals surface area contributed by atoms with Crippen LogP contribution in [-0.4, -0.2) is 24.3 Å². The largest absolute Gasteiger partial charge is 0.301 e. The molecule has 0 radical (unpaired) electrons. The van der Waals surface area contributed by atoms with Crippen LogP contribution >= 0.6 is 0 Å². The van der Waals surface area contributed by atoms with Gasteiger partial charge in [-0.1, -0.05) is 36.4 Å². The quantitative estimate of drug-likeness (QED) is 0.492. The van der Waals surface area contributed by atoms with E-state index in [1.165, 1.54) is 6.33 Å². The first kappa shape index (κ1) is 13.8. The Morgan fingerprint density at radius 1 is 0.760 bits per heavy atom. The molecule has 4 aromatic heterocycles. The monoisotopic (exact) mass is 323 g/mol. The van der Waals surface area contributed by atoms with Gasteiger partial charge in [-0.05, 0) is 12.1 Å². The molecule has 0 saturated carbocycles. The fraction of sp³-hybridized carbons (Fsp3) is 0. The number of nitrogens with zero attached hydrogens (tertiary/aromatic N) is 5. The lowest BCUT2D eigenvalue weighted by Crippen LogP contribution is -1.91. The van der Waals surface area contributed by atoms with Gasteiger partial charge >= 0.3 is 0 Å². The zero-order chi connectivity index (χ0) is 16.6. The van der Waals surface area contributed by atoms with Gasteiger partial charge in [0.15, 0.2) is 5.82 Å². The van der Waals surface area contributed by atoms with Gasteiger partial charge in [0.2, 0.25) is 0 Å². The fourth-order valence-electron chi connectivity index (χ4n) is 3.16. The predicted octanol–water partition coefficient (Wildman–Crippen LogP) is 4.01. The summed E-state index contributed by atoms with van der Waals surface area (Å²) < 4.78 is 2.09. The van der Waals surface area contributed by atoms with E-state index >= 15 is 0 Å². The Balaban J connectivity index is 1.86. The number of pyridine rings is 1. The van der Waals surface area contributed by atoms with Gasteiger partial charge in [0.1, 0.15) is 12.0 Å². The topological polar surface area (TPSA) is 56.0 Å². The number of benzene rings is 1. The molecule has 0 unspecified atom stereocenters. The first-order valence-corrected chi connectivity index (χ1v) is 7.98. The lowest BCUT2D eigenvalue weighted by Gasteiger charge is -2.01. The second-order valence-corrected chi connectivity index (χ2v) is 5.75. The van der Waals surface area contributed by atoms with Crippen LogP contribution in [0.2, 0.25) is 0 Å². The van der Waals surface area contributed by atoms with E-state index in [2.05, 4.69) is 25.4 Å². The highest BCUT2D eigenvalue weighted by Crippen LogP contribution is 2.34. The molecular weight excluding hydrogens is 310 g/mol. The third kappa shape index (κ3) is 2.17. The van der Waals surface area contributed by atoms with Crippen molar-refractivity contribution in [3.63, 3.8) is 0 Å². The lowest BCUT2D eigenvalue weighted by molar-refractivity contribution is 1.15. The molecule has 0 atom stereocenters. The van der Waals surface area contributed by atoms with E-state index in [0.29, 0.717) is 5.82 Å². The average molecular weight is 323 g/mol. The lowest BCUT2D eigenvalue weighted by atomic mass is 10.1. The molecule has 0 bridgehead atoms. The maximum absolute atomic E-state index is 4.83. The Labute approximate surface area is 143 Å². The van der Waals surface area contributed by atoms with Crippen LogP contribution in [0.1, 0.15) is 0 Å². The zero-order valence-corrected chi connectivity index (χ0v) is 13.2. The summed E-state index contributed by atoms with van der Waals surface area (Å²) in [5.74, 6) is 0.715. The van der Waals surface area contributed by atoms with Crippen molar-refractivity contribution in [3.8, 4) is 22.5 Å². The Bertz CT molecular complexity index is 1180.